The van der Waals surface area contributed by atoms with E-state index < -0.39 is 21.5 Å². The number of hydrogen-bond acceptors (Lipinski definition) is 3. The van der Waals surface area contributed by atoms with Gasteiger partial charge in [0.25, 0.3) is 10.1 Å². The van der Waals surface area contributed by atoms with E-state index in [1.807, 2.05) is 0 Å². The van der Waals surface area contributed by atoms with Crippen molar-refractivity contribution in [3.05, 3.63) is 0 Å². The van der Waals surface area contributed by atoms with E-state index in [1.54, 1.807) is 6.92 Å². The van der Waals surface area contributed by atoms with Gasteiger partial charge < -0.3 is 5.11 Å². The van der Waals surface area contributed by atoms with Crippen molar-refractivity contribution in [3.63, 3.8) is 0 Å². The maximum Gasteiger partial charge on any atom is 0.267 e. The SMILES string of the molecule is CCCCCCCCCCCCCCCCCC(O)CCC(CC)S(=O)(=O)O. The zero-order valence-corrected chi connectivity index (χ0v) is 19.5. The molecule has 4 nitrogen and oxygen atoms in total. The van der Waals surface area contributed by atoms with Crippen molar-refractivity contribution in [2.24, 2.45) is 0 Å². The molecule has 5 heteroatoms. The Morgan fingerprint density at radius 1 is 0.607 bits per heavy atom. The van der Waals surface area contributed by atoms with Gasteiger partial charge in [0.2, 0.25) is 0 Å². The number of rotatable bonds is 21. The maximum absolute atomic E-state index is 11.2. The third-order valence-corrected chi connectivity index (χ3v) is 7.25. The van der Waals surface area contributed by atoms with Crippen LogP contribution in [0.25, 0.3) is 0 Å². The molecule has 0 saturated heterocycles. The van der Waals surface area contributed by atoms with Crippen LogP contribution in [0.15, 0.2) is 0 Å². The fraction of sp³-hybridized carbons (Fsp3) is 1.00. The summed E-state index contributed by atoms with van der Waals surface area (Å²) >= 11 is 0. The molecule has 0 rings (SSSR count). The first kappa shape index (κ1) is 27.9. The molecule has 2 N–H and O–H groups in total. The van der Waals surface area contributed by atoms with Gasteiger partial charge in [-0.3, -0.25) is 4.55 Å². The van der Waals surface area contributed by atoms with Crippen molar-refractivity contribution in [1.82, 2.24) is 0 Å². The number of unbranched alkanes of at least 4 members (excludes halogenated alkanes) is 14. The summed E-state index contributed by atoms with van der Waals surface area (Å²) in [5.74, 6) is 0. The molecule has 0 amide bonds. The van der Waals surface area contributed by atoms with Gasteiger partial charge in [0.15, 0.2) is 0 Å². The molecule has 0 spiro atoms. The van der Waals surface area contributed by atoms with Crippen molar-refractivity contribution in [2.45, 2.75) is 147 Å². The lowest BCUT2D eigenvalue weighted by molar-refractivity contribution is 0.147. The van der Waals surface area contributed by atoms with Gasteiger partial charge in [-0.05, 0) is 25.7 Å². The van der Waals surface area contributed by atoms with E-state index in [1.165, 1.54) is 83.5 Å². The molecular formula is C23H48O4S. The molecule has 28 heavy (non-hydrogen) atoms. The minimum atomic E-state index is -3.97. The largest absolute Gasteiger partial charge is 0.393 e. The van der Waals surface area contributed by atoms with Crippen LogP contribution >= 0.6 is 0 Å². The van der Waals surface area contributed by atoms with Gasteiger partial charge >= 0.3 is 0 Å². The molecule has 2 atom stereocenters. The Morgan fingerprint density at radius 2 is 1.00 bits per heavy atom. The lowest BCUT2D eigenvalue weighted by Crippen LogP contribution is -2.21. The Balaban J connectivity index is 3.34. The number of aliphatic hydroxyl groups excluding tert-OH is 1. The highest BCUT2D eigenvalue weighted by Crippen LogP contribution is 2.17. The first-order valence-electron chi connectivity index (χ1n) is 12.1. The third kappa shape index (κ3) is 17.9. The van der Waals surface area contributed by atoms with Crippen LogP contribution in [0.3, 0.4) is 0 Å². The molecule has 170 valence electrons. The standard InChI is InChI=1S/C23H48O4S/c1-3-5-6-7-8-9-10-11-12-13-14-15-16-17-18-19-22(24)20-21-23(4-2)28(25,26)27/h22-24H,3-21H2,1-2H3,(H,25,26,27). The average molecular weight is 421 g/mol. The van der Waals surface area contributed by atoms with E-state index in [4.69, 9.17) is 4.55 Å². The van der Waals surface area contributed by atoms with Crippen molar-refractivity contribution in [3.8, 4) is 0 Å². The topological polar surface area (TPSA) is 74.6 Å². The molecule has 0 heterocycles. The van der Waals surface area contributed by atoms with Crippen LogP contribution in [0.2, 0.25) is 0 Å². The summed E-state index contributed by atoms with van der Waals surface area (Å²) in [6, 6.07) is 0. The number of aliphatic hydroxyl groups is 1. The second-order valence-corrected chi connectivity index (χ2v) is 10.2. The molecule has 0 aromatic carbocycles. The Labute approximate surface area is 175 Å². The van der Waals surface area contributed by atoms with Gasteiger partial charge in [-0.2, -0.15) is 8.42 Å². The Morgan fingerprint density at radius 3 is 1.36 bits per heavy atom. The fourth-order valence-corrected chi connectivity index (χ4v) is 4.69. The first-order chi connectivity index (χ1) is 13.4. The molecular weight excluding hydrogens is 372 g/mol. The van der Waals surface area contributed by atoms with Crippen LogP contribution in [-0.4, -0.2) is 29.4 Å². The summed E-state index contributed by atoms with van der Waals surface area (Å²) in [6.45, 7) is 4.02. The second kappa shape index (κ2) is 18.9. The molecule has 0 aliphatic heterocycles. The molecule has 0 fully saturated rings. The van der Waals surface area contributed by atoms with E-state index in [0.717, 1.165) is 19.3 Å². The summed E-state index contributed by atoms with van der Waals surface area (Å²) in [4.78, 5) is 0. The van der Waals surface area contributed by atoms with E-state index in [0.29, 0.717) is 19.3 Å². The molecule has 0 aromatic heterocycles. The van der Waals surface area contributed by atoms with E-state index in [2.05, 4.69) is 6.92 Å². The van der Waals surface area contributed by atoms with Crippen molar-refractivity contribution in [1.29, 1.82) is 0 Å². The van der Waals surface area contributed by atoms with Crippen molar-refractivity contribution < 1.29 is 18.1 Å². The molecule has 2 unspecified atom stereocenters. The normalized spacial score (nSPS) is 14.3. The molecule has 0 bridgehead atoms. The van der Waals surface area contributed by atoms with E-state index >= 15 is 0 Å². The van der Waals surface area contributed by atoms with Crippen LogP contribution in [0.1, 0.15) is 136 Å². The zero-order valence-electron chi connectivity index (χ0n) is 18.7. The van der Waals surface area contributed by atoms with Crippen molar-refractivity contribution in [2.75, 3.05) is 0 Å². The minimum Gasteiger partial charge on any atom is -0.393 e. The lowest BCUT2D eigenvalue weighted by Gasteiger charge is -2.14. The quantitative estimate of drug-likeness (QED) is 0.154. The van der Waals surface area contributed by atoms with E-state index in [-0.39, 0.29) is 0 Å². The fourth-order valence-electron chi connectivity index (χ4n) is 3.84. The Hall–Kier alpha value is -0.130. The summed E-state index contributed by atoms with van der Waals surface area (Å²) < 4.78 is 31.4. The van der Waals surface area contributed by atoms with Gasteiger partial charge in [0.05, 0.1) is 11.4 Å². The molecule has 0 aliphatic rings. The second-order valence-electron chi connectivity index (χ2n) is 8.51. The minimum absolute atomic E-state index is 0.342. The van der Waals surface area contributed by atoms with Gasteiger partial charge in [0.1, 0.15) is 0 Å². The predicted molar refractivity (Wildman–Crippen MR) is 120 cm³/mol. The lowest BCUT2D eigenvalue weighted by atomic mass is 10.0. The van der Waals surface area contributed by atoms with Crippen molar-refractivity contribution >= 4 is 10.1 Å². The predicted octanol–water partition coefficient (Wildman–Crippen LogP) is 7.06. The zero-order chi connectivity index (χ0) is 21.1. The van der Waals surface area contributed by atoms with Gasteiger partial charge in [-0.1, -0.05) is 110 Å². The van der Waals surface area contributed by atoms with Gasteiger partial charge in [-0.25, -0.2) is 0 Å². The molecule has 0 radical (unpaired) electrons. The smallest absolute Gasteiger partial charge is 0.267 e. The van der Waals surface area contributed by atoms with Crippen LogP contribution < -0.4 is 0 Å². The highest BCUT2D eigenvalue weighted by Gasteiger charge is 2.21. The molecule has 0 aromatic rings. The van der Waals surface area contributed by atoms with Crippen LogP contribution in [0.5, 0.6) is 0 Å². The highest BCUT2D eigenvalue weighted by molar-refractivity contribution is 7.86. The monoisotopic (exact) mass is 420 g/mol. The summed E-state index contributed by atoms with van der Waals surface area (Å²) in [5.41, 5.74) is 0. The van der Waals surface area contributed by atoms with E-state index in [9.17, 15) is 13.5 Å². The summed E-state index contributed by atoms with van der Waals surface area (Å²) in [7, 11) is -3.97. The molecule has 0 saturated carbocycles. The number of hydrogen-bond donors (Lipinski definition) is 2. The average Bonchev–Trinajstić information content (AvgIpc) is 2.64. The Bertz CT molecular complexity index is 422. The van der Waals surface area contributed by atoms with Gasteiger partial charge in [-0.15, -0.1) is 0 Å². The summed E-state index contributed by atoms with van der Waals surface area (Å²) in [5, 5.41) is 9.25. The highest BCUT2D eigenvalue weighted by atomic mass is 32.2. The van der Waals surface area contributed by atoms with Crippen LogP contribution in [0.4, 0.5) is 0 Å². The van der Waals surface area contributed by atoms with Crippen LogP contribution in [0, 0.1) is 0 Å². The Kier molecular flexibility index (Phi) is 18.8. The third-order valence-electron chi connectivity index (χ3n) is 5.84. The molecule has 0 aliphatic carbocycles. The maximum atomic E-state index is 11.2. The van der Waals surface area contributed by atoms with Gasteiger partial charge in [0, 0.05) is 0 Å². The van der Waals surface area contributed by atoms with Crippen LogP contribution in [-0.2, 0) is 10.1 Å². The first-order valence-corrected chi connectivity index (χ1v) is 13.6. The summed E-state index contributed by atoms with van der Waals surface area (Å²) in [6.07, 6.45) is 21.4.